The van der Waals surface area contributed by atoms with Gasteiger partial charge in [-0.15, -0.1) is 11.3 Å². The Balaban J connectivity index is 1.86. The first-order valence-electron chi connectivity index (χ1n) is 9.85. The fourth-order valence-electron chi connectivity index (χ4n) is 3.22. The van der Waals surface area contributed by atoms with Crippen molar-refractivity contribution in [2.24, 2.45) is 0 Å². The highest BCUT2D eigenvalue weighted by Crippen LogP contribution is 2.44. The molecule has 0 aliphatic carbocycles. The number of thiophene rings is 1. The van der Waals surface area contributed by atoms with Crippen LogP contribution in [0, 0.1) is 11.6 Å². The van der Waals surface area contributed by atoms with Crippen LogP contribution in [0.5, 0.6) is 5.75 Å². The summed E-state index contributed by atoms with van der Waals surface area (Å²) in [6.45, 7) is 0. The van der Waals surface area contributed by atoms with E-state index < -0.39 is 27.3 Å². The van der Waals surface area contributed by atoms with Crippen LogP contribution in [0.4, 0.5) is 25.2 Å². The molecule has 0 fully saturated rings. The molecule has 0 unspecified atom stereocenters. The van der Waals surface area contributed by atoms with Crippen LogP contribution in [0.25, 0.3) is 0 Å². The van der Waals surface area contributed by atoms with Crippen LogP contribution in [0.15, 0.2) is 82.6 Å². The molecule has 4 rings (SSSR count). The lowest BCUT2D eigenvalue weighted by atomic mass is 10.1. The number of benzene rings is 3. The third-order valence-corrected chi connectivity index (χ3v) is 8.06. The monoisotopic (exact) mass is 500 g/mol. The number of nitrogens with two attached hydrogens (primary N) is 1. The number of nitrogens with one attached hydrogen (secondary N) is 1. The molecule has 4 aromatic rings. The number of halogens is 2. The van der Waals surface area contributed by atoms with Crippen LogP contribution in [-0.2, 0) is 9.84 Å². The van der Waals surface area contributed by atoms with Gasteiger partial charge in [-0.3, -0.25) is 4.79 Å². The van der Waals surface area contributed by atoms with E-state index in [9.17, 15) is 22.0 Å². The van der Waals surface area contributed by atoms with E-state index in [0.717, 1.165) is 23.5 Å². The largest absolute Gasteiger partial charge is 0.497 e. The summed E-state index contributed by atoms with van der Waals surface area (Å²) in [6.07, 6.45) is 0. The van der Waals surface area contributed by atoms with Crippen molar-refractivity contribution in [3.63, 3.8) is 0 Å². The highest BCUT2D eigenvalue weighted by molar-refractivity contribution is 7.92. The molecule has 3 N–H and O–H groups in total. The van der Waals surface area contributed by atoms with Crippen molar-refractivity contribution in [1.82, 2.24) is 0 Å². The lowest BCUT2D eigenvalue weighted by Gasteiger charge is -2.10. The first-order chi connectivity index (χ1) is 16.2. The molecule has 6 nitrogen and oxygen atoms in total. The molecule has 0 saturated carbocycles. The number of sulfone groups is 1. The number of carbonyl (C=O) groups excluding carboxylic acids is 1. The summed E-state index contributed by atoms with van der Waals surface area (Å²) in [5, 5.41) is 3.02. The summed E-state index contributed by atoms with van der Waals surface area (Å²) in [5.74, 6) is -1.07. The van der Waals surface area contributed by atoms with Gasteiger partial charge in [0, 0.05) is 11.3 Å². The first kappa shape index (κ1) is 23.4. The van der Waals surface area contributed by atoms with Crippen molar-refractivity contribution in [3.05, 3.63) is 94.9 Å². The Hall–Kier alpha value is -3.76. The standard InChI is InChI=1S/C24H18F2N2O4S2/c1-32-18-10-12-19(13-11-18)34(30,31)23-20(27)22(21(29)14-2-4-15(25)5-3-14)33-24(23)28-17-8-6-16(26)7-9-17/h2-13,28H,27H2,1H3. The Kier molecular flexibility index (Phi) is 6.36. The smallest absolute Gasteiger partial charge is 0.211 e. The zero-order chi connectivity index (χ0) is 24.5. The van der Waals surface area contributed by atoms with Gasteiger partial charge in [-0.2, -0.15) is 0 Å². The molecule has 0 aliphatic heterocycles. The van der Waals surface area contributed by atoms with Crippen molar-refractivity contribution in [2.45, 2.75) is 9.79 Å². The molecule has 34 heavy (non-hydrogen) atoms. The summed E-state index contributed by atoms with van der Waals surface area (Å²) < 4.78 is 58.9. The van der Waals surface area contributed by atoms with Gasteiger partial charge in [-0.25, -0.2) is 17.2 Å². The zero-order valence-corrected chi connectivity index (χ0v) is 19.3. The average Bonchev–Trinajstić information content (AvgIpc) is 3.16. The topological polar surface area (TPSA) is 98.5 Å². The van der Waals surface area contributed by atoms with Crippen molar-refractivity contribution >= 4 is 43.3 Å². The maximum absolute atomic E-state index is 13.6. The highest BCUT2D eigenvalue weighted by atomic mass is 32.2. The maximum Gasteiger partial charge on any atom is 0.211 e. The molecule has 10 heteroatoms. The lowest BCUT2D eigenvalue weighted by molar-refractivity contribution is 0.104. The molecule has 0 amide bonds. The van der Waals surface area contributed by atoms with Crippen LogP contribution >= 0.6 is 11.3 Å². The van der Waals surface area contributed by atoms with Crippen molar-refractivity contribution in [1.29, 1.82) is 0 Å². The van der Waals surface area contributed by atoms with E-state index in [0.29, 0.717) is 11.4 Å². The normalized spacial score (nSPS) is 11.3. The maximum atomic E-state index is 13.6. The van der Waals surface area contributed by atoms with E-state index in [4.69, 9.17) is 10.5 Å². The molecule has 0 bridgehead atoms. The number of ketones is 1. The second-order valence-corrected chi connectivity index (χ2v) is 10.1. The molecular weight excluding hydrogens is 482 g/mol. The molecule has 0 aliphatic rings. The Morgan fingerprint density at radius 1 is 0.912 bits per heavy atom. The summed E-state index contributed by atoms with van der Waals surface area (Å²) in [7, 11) is -2.72. The predicted molar refractivity (Wildman–Crippen MR) is 127 cm³/mol. The Labute approximate surface area is 198 Å². The lowest BCUT2D eigenvalue weighted by Crippen LogP contribution is -2.08. The van der Waals surface area contributed by atoms with Gasteiger partial charge in [0.25, 0.3) is 0 Å². The molecule has 1 aromatic heterocycles. The molecule has 1 heterocycles. The number of ether oxygens (including phenoxy) is 1. The van der Waals surface area contributed by atoms with Gasteiger partial charge < -0.3 is 15.8 Å². The number of carbonyl (C=O) groups is 1. The van der Waals surface area contributed by atoms with Gasteiger partial charge in [0.15, 0.2) is 0 Å². The van der Waals surface area contributed by atoms with Gasteiger partial charge in [0.05, 0.1) is 17.7 Å². The second kappa shape index (κ2) is 9.24. The fraction of sp³-hybridized carbons (Fsp3) is 0.0417. The van der Waals surface area contributed by atoms with Crippen molar-refractivity contribution < 1.29 is 26.7 Å². The molecule has 0 atom stereocenters. The van der Waals surface area contributed by atoms with E-state index in [1.165, 1.54) is 67.8 Å². The molecule has 0 radical (unpaired) electrons. The Morgan fingerprint density at radius 3 is 2.03 bits per heavy atom. The van der Waals surface area contributed by atoms with E-state index in [1.807, 2.05) is 0 Å². The molecule has 3 aromatic carbocycles. The summed E-state index contributed by atoms with van der Waals surface area (Å²) >= 11 is 0.844. The van der Waals surface area contributed by atoms with Gasteiger partial charge in [0.1, 0.15) is 32.2 Å². The van der Waals surface area contributed by atoms with Crippen LogP contribution in [-0.4, -0.2) is 21.3 Å². The summed E-state index contributed by atoms with van der Waals surface area (Å²) in [5.41, 5.74) is 6.55. The van der Waals surface area contributed by atoms with Gasteiger partial charge in [0.2, 0.25) is 15.6 Å². The number of nitrogen functional groups attached to an aromatic ring is 1. The predicted octanol–water partition coefficient (Wildman–Crippen LogP) is 5.42. The third-order valence-electron chi connectivity index (χ3n) is 4.95. The molecular formula is C24H18F2N2O4S2. The highest BCUT2D eigenvalue weighted by Gasteiger charge is 2.31. The second-order valence-electron chi connectivity index (χ2n) is 7.15. The van der Waals surface area contributed by atoms with Crippen LogP contribution in [0.1, 0.15) is 15.2 Å². The number of hydrogen-bond acceptors (Lipinski definition) is 7. The number of methoxy groups -OCH3 is 1. The van der Waals surface area contributed by atoms with Crippen LogP contribution < -0.4 is 15.8 Å². The van der Waals surface area contributed by atoms with Crippen molar-refractivity contribution in [2.75, 3.05) is 18.2 Å². The minimum absolute atomic E-state index is 0.0247. The minimum atomic E-state index is -4.17. The van der Waals surface area contributed by atoms with Crippen LogP contribution in [0.2, 0.25) is 0 Å². The third kappa shape index (κ3) is 4.50. The van der Waals surface area contributed by atoms with Gasteiger partial charge >= 0.3 is 0 Å². The van der Waals surface area contributed by atoms with E-state index in [-0.39, 0.29) is 30.9 Å². The SMILES string of the molecule is COc1ccc(S(=O)(=O)c2c(Nc3ccc(F)cc3)sc(C(=O)c3ccc(F)cc3)c2N)cc1. The van der Waals surface area contributed by atoms with Gasteiger partial charge in [-0.1, -0.05) is 0 Å². The van der Waals surface area contributed by atoms with Crippen molar-refractivity contribution in [3.8, 4) is 5.75 Å². The first-order valence-corrected chi connectivity index (χ1v) is 12.1. The molecule has 0 spiro atoms. The van der Waals surface area contributed by atoms with E-state index >= 15 is 0 Å². The quantitative estimate of drug-likeness (QED) is 0.329. The summed E-state index contributed by atoms with van der Waals surface area (Å²) in [4.78, 5) is 12.7. The van der Waals surface area contributed by atoms with Gasteiger partial charge in [-0.05, 0) is 72.8 Å². The molecule has 174 valence electrons. The van der Waals surface area contributed by atoms with Crippen LogP contribution in [0.3, 0.4) is 0 Å². The fourth-order valence-corrected chi connectivity index (χ4v) is 6.15. The number of hydrogen-bond donors (Lipinski definition) is 2. The van der Waals surface area contributed by atoms with E-state index in [1.54, 1.807) is 0 Å². The summed E-state index contributed by atoms with van der Waals surface area (Å²) in [6, 6.07) is 15.8. The van der Waals surface area contributed by atoms with E-state index in [2.05, 4.69) is 5.32 Å². The molecule has 0 saturated heterocycles. The Morgan fingerprint density at radius 2 is 1.47 bits per heavy atom. The number of anilines is 3. The average molecular weight is 501 g/mol. The Bertz CT molecular complexity index is 1450. The zero-order valence-electron chi connectivity index (χ0n) is 17.7. The minimum Gasteiger partial charge on any atom is -0.497 e. The number of rotatable bonds is 7.